The van der Waals surface area contributed by atoms with Gasteiger partial charge in [-0.3, -0.25) is 15.1 Å². The van der Waals surface area contributed by atoms with E-state index in [0.29, 0.717) is 5.92 Å². The molecule has 5 aromatic rings. The van der Waals surface area contributed by atoms with Crippen LogP contribution < -0.4 is 5.32 Å². The molecule has 4 heterocycles. The molecule has 0 radical (unpaired) electrons. The summed E-state index contributed by atoms with van der Waals surface area (Å²) in [5.74, 6) is 0.243. The summed E-state index contributed by atoms with van der Waals surface area (Å²) >= 11 is 0. The quantitative estimate of drug-likeness (QED) is 0.185. The second kappa shape index (κ2) is 10.2. The van der Waals surface area contributed by atoms with Gasteiger partial charge in [0, 0.05) is 33.9 Å². The van der Waals surface area contributed by atoms with Gasteiger partial charge in [-0.05, 0) is 73.2 Å². The van der Waals surface area contributed by atoms with Crippen molar-refractivity contribution in [3.05, 3.63) is 109 Å². The molecule has 7 heteroatoms. The average Bonchev–Trinajstić information content (AvgIpc) is 3.53. The summed E-state index contributed by atoms with van der Waals surface area (Å²) < 4.78 is 13.9. The molecule has 194 valence electrons. The fourth-order valence-electron chi connectivity index (χ4n) is 5.01. The number of aromatic amines is 2. The molecule has 0 atom stereocenters. The third kappa shape index (κ3) is 4.68. The van der Waals surface area contributed by atoms with Gasteiger partial charge in [-0.25, -0.2) is 4.39 Å². The number of rotatable bonds is 8. The lowest BCUT2D eigenvalue weighted by atomic mass is 9.83. The molecule has 1 saturated carbocycles. The standard InChI is InChI=1S/C32H29FN6/c1-4-20(13-24(5-2)36-19(3)21-8-6-9-21)28-15-26-31(18-35-28)38-39-32(26)29-14-25-27(16-34-17-30(25)37-29)22-10-7-11-23(33)12-22/h4-5,7,10-18,21,36-37H,2-3,6,8-9H2,1H3,(H,38,39)/b20-4+,24-13+. The first-order valence-corrected chi connectivity index (χ1v) is 13.1. The van der Waals surface area contributed by atoms with Crippen LogP contribution in [0.3, 0.4) is 0 Å². The number of allylic oxidation sites excluding steroid dienone is 5. The largest absolute Gasteiger partial charge is 0.359 e. The molecular weight excluding hydrogens is 487 g/mol. The first-order chi connectivity index (χ1) is 19.0. The SMILES string of the molecule is C=C/C(=C\C(=C/C)c1cc2c(-c3cc4c(-c5cccc(F)c5)cncc4[nH]3)n[nH]c2cn1)NC(=C)C1CCC1. The van der Waals surface area contributed by atoms with Crippen LogP contribution in [0.2, 0.25) is 0 Å². The number of pyridine rings is 2. The highest BCUT2D eigenvalue weighted by molar-refractivity contribution is 6.01. The van der Waals surface area contributed by atoms with Gasteiger partial charge in [-0.2, -0.15) is 5.10 Å². The zero-order valence-electron chi connectivity index (χ0n) is 21.8. The maximum atomic E-state index is 13.9. The topological polar surface area (TPSA) is 82.3 Å². The van der Waals surface area contributed by atoms with E-state index in [9.17, 15) is 4.39 Å². The summed E-state index contributed by atoms with van der Waals surface area (Å²) in [6, 6.07) is 10.6. The number of benzene rings is 1. The Hall–Kier alpha value is -4.78. The number of aromatic nitrogens is 5. The molecular formula is C32H29FN6. The van der Waals surface area contributed by atoms with Gasteiger partial charge in [-0.15, -0.1) is 0 Å². The third-order valence-corrected chi connectivity index (χ3v) is 7.42. The minimum Gasteiger partial charge on any atom is -0.359 e. The van der Waals surface area contributed by atoms with E-state index >= 15 is 0 Å². The molecule has 0 saturated heterocycles. The van der Waals surface area contributed by atoms with Gasteiger partial charge < -0.3 is 10.3 Å². The Morgan fingerprint density at radius 2 is 1.97 bits per heavy atom. The average molecular weight is 517 g/mol. The summed E-state index contributed by atoms with van der Waals surface area (Å²) in [6.45, 7) is 10.2. The van der Waals surface area contributed by atoms with E-state index in [1.165, 1.54) is 31.4 Å². The predicted octanol–water partition coefficient (Wildman–Crippen LogP) is 7.68. The molecule has 0 bridgehead atoms. The van der Waals surface area contributed by atoms with Crippen LogP contribution in [0.4, 0.5) is 4.39 Å². The van der Waals surface area contributed by atoms with Crippen LogP contribution in [0.25, 0.3) is 49.9 Å². The highest BCUT2D eigenvalue weighted by Crippen LogP contribution is 2.35. The lowest BCUT2D eigenvalue weighted by molar-refractivity contribution is 0.356. The molecule has 0 spiro atoms. The molecule has 6 nitrogen and oxygen atoms in total. The Morgan fingerprint density at radius 1 is 1.10 bits per heavy atom. The van der Waals surface area contributed by atoms with Crippen molar-refractivity contribution in [3.63, 3.8) is 0 Å². The number of H-pyrrole nitrogens is 2. The minimum absolute atomic E-state index is 0.283. The van der Waals surface area contributed by atoms with Crippen molar-refractivity contribution < 1.29 is 4.39 Å². The lowest BCUT2D eigenvalue weighted by Gasteiger charge is -2.28. The van der Waals surface area contributed by atoms with Crippen LogP contribution in [0.15, 0.2) is 97.8 Å². The molecule has 0 aliphatic heterocycles. The normalized spacial score (nSPS) is 14.5. The van der Waals surface area contributed by atoms with Gasteiger partial charge in [0.05, 0.1) is 34.8 Å². The van der Waals surface area contributed by atoms with Crippen molar-refractivity contribution in [3.8, 4) is 22.5 Å². The maximum absolute atomic E-state index is 13.9. The van der Waals surface area contributed by atoms with Crippen LogP contribution in [-0.4, -0.2) is 25.1 Å². The van der Waals surface area contributed by atoms with E-state index in [4.69, 9.17) is 4.98 Å². The van der Waals surface area contributed by atoms with Gasteiger partial charge in [-0.1, -0.05) is 37.8 Å². The van der Waals surface area contributed by atoms with Crippen LogP contribution >= 0.6 is 0 Å². The minimum atomic E-state index is -0.283. The molecule has 0 amide bonds. The molecule has 1 aliphatic carbocycles. The number of nitrogens with zero attached hydrogens (tertiary/aromatic N) is 3. The van der Waals surface area contributed by atoms with Crippen molar-refractivity contribution in [2.75, 3.05) is 0 Å². The number of nitrogens with one attached hydrogen (secondary N) is 3. The van der Waals surface area contributed by atoms with Crippen molar-refractivity contribution in [1.29, 1.82) is 0 Å². The maximum Gasteiger partial charge on any atom is 0.123 e. The highest BCUT2D eigenvalue weighted by Gasteiger charge is 2.21. The summed E-state index contributed by atoms with van der Waals surface area (Å²) in [6.07, 6.45) is 14.8. The van der Waals surface area contributed by atoms with Crippen molar-refractivity contribution >= 4 is 27.4 Å². The smallest absolute Gasteiger partial charge is 0.123 e. The summed E-state index contributed by atoms with van der Waals surface area (Å²) in [7, 11) is 0. The first kappa shape index (κ1) is 24.6. The Labute approximate surface area is 226 Å². The Bertz CT molecular complexity index is 1780. The van der Waals surface area contributed by atoms with Crippen LogP contribution in [0.1, 0.15) is 31.9 Å². The second-order valence-corrected chi connectivity index (χ2v) is 9.85. The third-order valence-electron chi connectivity index (χ3n) is 7.42. The summed E-state index contributed by atoms with van der Waals surface area (Å²) in [5.41, 5.74) is 8.62. The van der Waals surface area contributed by atoms with Gasteiger partial charge in [0.1, 0.15) is 11.5 Å². The molecule has 3 N–H and O–H groups in total. The Kier molecular flexibility index (Phi) is 6.40. The molecule has 0 unspecified atom stereocenters. The lowest BCUT2D eigenvalue weighted by Crippen LogP contribution is -2.23. The number of hydrogen-bond donors (Lipinski definition) is 3. The highest BCUT2D eigenvalue weighted by atomic mass is 19.1. The fraction of sp³-hybridized carbons (Fsp3) is 0.156. The van der Waals surface area contributed by atoms with E-state index in [1.807, 2.05) is 43.4 Å². The van der Waals surface area contributed by atoms with Crippen molar-refractivity contribution in [1.82, 2.24) is 30.5 Å². The summed E-state index contributed by atoms with van der Waals surface area (Å²) in [4.78, 5) is 12.5. The van der Waals surface area contributed by atoms with Gasteiger partial charge in [0.25, 0.3) is 0 Å². The van der Waals surface area contributed by atoms with E-state index in [-0.39, 0.29) is 5.82 Å². The van der Waals surface area contributed by atoms with Crippen LogP contribution in [-0.2, 0) is 0 Å². The number of hydrogen-bond acceptors (Lipinski definition) is 4. The van der Waals surface area contributed by atoms with Crippen molar-refractivity contribution in [2.45, 2.75) is 26.2 Å². The second-order valence-electron chi connectivity index (χ2n) is 9.85. The Balaban J connectivity index is 1.37. The molecule has 1 fully saturated rings. The molecule has 4 aromatic heterocycles. The number of fused-ring (bicyclic) bond motifs is 2. The van der Waals surface area contributed by atoms with Gasteiger partial charge in [0.15, 0.2) is 0 Å². The van der Waals surface area contributed by atoms with E-state index < -0.39 is 0 Å². The van der Waals surface area contributed by atoms with Crippen LogP contribution in [0, 0.1) is 11.7 Å². The molecule has 1 aromatic carbocycles. The zero-order chi connectivity index (χ0) is 26.9. The molecule has 1 aliphatic rings. The monoisotopic (exact) mass is 516 g/mol. The van der Waals surface area contributed by atoms with E-state index in [1.54, 1.807) is 24.7 Å². The predicted molar refractivity (Wildman–Crippen MR) is 156 cm³/mol. The zero-order valence-corrected chi connectivity index (χ0v) is 21.8. The van der Waals surface area contributed by atoms with E-state index in [2.05, 4.69) is 38.6 Å². The fourth-order valence-corrected chi connectivity index (χ4v) is 5.01. The summed E-state index contributed by atoms with van der Waals surface area (Å²) in [5, 5.41) is 13.0. The number of halogens is 1. The molecule has 39 heavy (non-hydrogen) atoms. The van der Waals surface area contributed by atoms with E-state index in [0.717, 1.165) is 67.0 Å². The molecule has 6 rings (SSSR count). The van der Waals surface area contributed by atoms with Gasteiger partial charge in [0.2, 0.25) is 0 Å². The van der Waals surface area contributed by atoms with Crippen LogP contribution in [0.5, 0.6) is 0 Å². The Morgan fingerprint density at radius 3 is 2.72 bits per heavy atom. The first-order valence-electron chi connectivity index (χ1n) is 13.1. The van der Waals surface area contributed by atoms with Crippen molar-refractivity contribution in [2.24, 2.45) is 5.92 Å². The van der Waals surface area contributed by atoms with Gasteiger partial charge >= 0.3 is 0 Å².